The first-order valence-electron chi connectivity index (χ1n) is 16.0. The minimum Gasteiger partial charge on any atom is -0.458 e. The number of hydrogen-bond donors (Lipinski definition) is 0. The van der Waals surface area contributed by atoms with Crippen LogP contribution in [0.2, 0.25) is 0 Å². The van der Waals surface area contributed by atoms with Gasteiger partial charge in [0.05, 0.1) is 0 Å². The molecule has 0 aliphatic carbocycles. The van der Waals surface area contributed by atoms with Gasteiger partial charge in [-0.3, -0.25) is 4.79 Å². The summed E-state index contributed by atoms with van der Waals surface area (Å²) in [5.41, 5.74) is 1.06. The fourth-order valence-corrected chi connectivity index (χ4v) is 5.10. The summed E-state index contributed by atoms with van der Waals surface area (Å²) in [7, 11) is 0. The Balaban J connectivity index is 1.72. The second kappa shape index (κ2) is 25.3. The monoisotopic (exact) mass is 500 g/mol. The number of rotatable bonds is 26. The summed E-state index contributed by atoms with van der Waals surface area (Å²) in [5, 5.41) is 0. The van der Waals surface area contributed by atoms with Crippen molar-refractivity contribution in [1.82, 2.24) is 0 Å². The fourth-order valence-electron chi connectivity index (χ4n) is 5.10. The summed E-state index contributed by atoms with van der Waals surface area (Å²) in [6.07, 6.45) is 32.4. The molecule has 1 atom stereocenters. The summed E-state index contributed by atoms with van der Waals surface area (Å²) >= 11 is 0. The van der Waals surface area contributed by atoms with Gasteiger partial charge in [-0.25, -0.2) is 0 Å². The molecular formula is C34H60O2. The smallest absolute Gasteiger partial charge is 0.306 e. The number of carbonyl (C=O) groups is 1. The molecule has 1 unspecified atom stereocenters. The van der Waals surface area contributed by atoms with Gasteiger partial charge in [-0.05, 0) is 18.9 Å². The molecule has 1 aromatic rings. The van der Waals surface area contributed by atoms with Crippen LogP contribution in [-0.2, 0) is 9.53 Å². The molecule has 1 aromatic carbocycles. The number of ether oxygens (including phenoxy) is 1. The van der Waals surface area contributed by atoms with Gasteiger partial charge in [0.1, 0.15) is 6.10 Å². The van der Waals surface area contributed by atoms with Crippen molar-refractivity contribution in [3.63, 3.8) is 0 Å². The maximum absolute atomic E-state index is 12.0. The Morgan fingerprint density at radius 3 is 1.25 bits per heavy atom. The van der Waals surface area contributed by atoms with E-state index < -0.39 is 0 Å². The number of unbranched alkanes of at least 4 members (excludes halogenated alkanes) is 22. The van der Waals surface area contributed by atoms with Crippen LogP contribution in [0.3, 0.4) is 0 Å². The van der Waals surface area contributed by atoms with Crippen molar-refractivity contribution >= 4 is 5.97 Å². The van der Waals surface area contributed by atoms with Crippen LogP contribution in [0.1, 0.15) is 180 Å². The van der Waals surface area contributed by atoms with Crippen LogP contribution in [0, 0.1) is 0 Å². The summed E-state index contributed by atoms with van der Waals surface area (Å²) in [4.78, 5) is 12.0. The maximum Gasteiger partial charge on any atom is 0.306 e. The third kappa shape index (κ3) is 20.8. The Labute approximate surface area is 225 Å². The minimum absolute atomic E-state index is 0.0603. The van der Waals surface area contributed by atoms with Gasteiger partial charge in [0.2, 0.25) is 0 Å². The van der Waals surface area contributed by atoms with E-state index in [9.17, 15) is 4.79 Å². The molecule has 0 amide bonds. The zero-order chi connectivity index (χ0) is 25.9. The highest BCUT2D eigenvalue weighted by Crippen LogP contribution is 2.18. The van der Waals surface area contributed by atoms with Crippen molar-refractivity contribution < 1.29 is 9.53 Å². The SMILES string of the molecule is CCCCCCCCCCCCCCCCCCCCCCCCCC(=O)OC(C)c1ccccc1. The minimum atomic E-state index is -0.150. The lowest BCUT2D eigenvalue weighted by atomic mass is 10.0. The molecule has 2 heteroatoms. The molecule has 0 aromatic heterocycles. The van der Waals surface area contributed by atoms with Crippen molar-refractivity contribution in [3.8, 4) is 0 Å². The molecule has 0 bridgehead atoms. The van der Waals surface area contributed by atoms with E-state index in [0.29, 0.717) is 6.42 Å². The Kier molecular flexibility index (Phi) is 23.0. The molecule has 0 fully saturated rings. The largest absolute Gasteiger partial charge is 0.458 e. The Morgan fingerprint density at radius 1 is 0.556 bits per heavy atom. The van der Waals surface area contributed by atoms with E-state index >= 15 is 0 Å². The highest BCUT2D eigenvalue weighted by Gasteiger charge is 2.10. The summed E-state index contributed by atoms with van der Waals surface area (Å²) in [6, 6.07) is 9.98. The van der Waals surface area contributed by atoms with Gasteiger partial charge in [-0.15, -0.1) is 0 Å². The molecule has 0 saturated carbocycles. The molecule has 0 aliphatic rings. The molecule has 0 aliphatic heterocycles. The molecule has 2 nitrogen and oxygen atoms in total. The van der Waals surface area contributed by atoms with E-state index in [4.69, 9.17) is 4.74 Å². The maximum atomic E-state index is 12.0. The van der Waals surface area contributed by atoms with Gasteiger partial charge in [-0.1, -0.05) is 179 Å². The van der Waals surface area contributed by atoms with Crippen LogP contribution in [0.5, 0.6) is 0 Å². The average Bonchev–Trinajstić information content (AvgIpc) is 2.89. The average molecular weight is 501 g/mol. The van der Waals surface area contributed by atoms with Crippen LogP contribution in [-0.4, -0.2) is 5.97 Å². The summed E-state index contributed by atoms with van der Waals surface area (Å²) in [5.74, 6) is -0.0603. The van der Waals surface area contributed by atoms with Crippen LogP contribution >= 0.6 is 0 Å². The van der Waals surface area contributed by atoms with E-state index in [1.807, 2.05) is 37.3 Å². The quantitative estimate of drug-likeness (QED) is 0.0933. The van der Waals surface area contributed by atoms with Crippen molar-refractivity contribution in [2.45, 2.75) is 174 Å². The highest BCUT2D eigenvalue weighted by molar-refractivity contribution is 5.69. The highest BCUT2D eigenvalue weighted by atomic mass is 16.5. The summed E-state index contributed by atoms with van der Waals surface area (Å²) < 4.78 is 5.55. The van der Waals surface area contributed by atoms with Gasteiger partial charge in [0.15, 0.2) is 0 Å². The number of hydrogen-bond acceptors (Lipinski definition) is 2. The topological polar surface area (TPSA) is 26.3 Å². The molecule has 0 N–H and O–H groups in total. The van der Waals surface area contributed by atoms with Crippen molar-refractivity contribution in [1.29, 1.82) is 0 Å². The molecule has 0 heterocycles. The zero-order valence-electron chi connectivity index (χ0n) is 24.3. The van der Waals surface area contributed by atoms with E-state index in [2.05, 4.69) is 6.92 Å². The lowest BCUT2D eigenvalue weighted by Crippen LogP contribution is -2.08. The van der Waals surface area contributed by atoms with E-state index in [-0.39, 0.29) is 12.1 Å². The second-order valence-electron chi connectivity index (χ2n) is 11.1. The number of esters is 1. The fraction of sp³-hybridized carbons (Fsp3) is 0.794. The van der Waals surface area contributed by atoms with Crippen LogP contribution < -0.4 is 0 Å². The Bertz CT molecular complexity index is 582. The molecule has 208 valence electrons. The Hall–Kier alpha value is -1.31. The standard InChI is InChI=1S/C34H60O2/c1-3-4-5-6-7-8-9-10-11-12-13-14-15-16-17-18-19-20-21-22-23-24-28-31-34(35)36-32(2)33-29-26-25-27-30-33/h25-27,29-30,32H,3-24,28,31H2,1-2H3. The van der Waals surface area contributed by atoms with Crippen molar-refractivity contribution in [3.05, 3.63) is 35.9 Å². The van der Waals surface area contributed by atoms with Gasteiger partial charge in [0.25, 0.3) is 0 Å². The van der Waals surface area contributed by atoms with E-state index in [0.717, 1.165) is 18.4 Å². The number of carbonyl (C=O) groups excluding carboxylic acids is 1. The van der Waals surface area contributed by atoms with Crippen molar-refractivity contribution in [2.24, 2.45) is 0 Å². The molecule has 0 radical (unpaired) electrons. The Morgan fingerprint density at radius 2 is 0.889 bits per heavy atom. The first kappa shape index (κ1) is 32.7. The predicted octanol–water partition coefficient (Wildman–Crippen LogP) is 11.7. The third-order valence-corrected chi connectivity index (χ3v) is 7.56. The molecule has 1 rings (SSSR count). The predicted molar refractivity (Wildman–Crippen MR) is 157 cm³/mol. The molecule has 0 saturated heterocycles. The van der Waals surface area contributed by atoms with Gasteiger partial charge >= 0.3 is 5.97 Å². The second-order valence-corrected chi connectivity index (χ2v) is 11.1. The normalized spacial score (nSPS) is 12.1. The van der Waals surface area contributed by atoms with E-state index in [1.165, 1.54) is 135 Å². The first-order chi connectivity index (χ1) is 17.7. The third-order valence-electron chi connectivity index (χ3n) is 7.56. The molecule has 0 spiro atoms. The first-order valence-corrected chi connectivity index (χ1v) is 16.0. The molecule has 36 heavy (non-hydrogen) atoms. The van der Waals surface area contributed by atoms with Crippen LogP contribution in [0.4, 0.5) is 0 Å². The van der Waals surface area contributed by atoms with Crippen molar-refractivity contribution in [2.75, 3.05) is 0 Å². The van der Waals surface area contributed by atoms with E-state index in [1.54, 1.807) is 0 Å². The molecular weight excluding hydrogens is 440 g/mol. The zero-order valence-corrected chi connectivity index (χ0v) is 24.3. The van der Waals surface area contributed by atoms with Gasteiger partial charge in [-0.2, -0.15) is 0 Å². The van der Waals surface area contributed by atoms with Crippen LogP contribution in [0.15, 0.2) is 30.3 Å². The van der Waals surface area contributed by atoms with Gasteiger partial charge in [0, 0.05) is 6.42 Å². The van der Waals surface area contributed by atoms with Gasteiger partial charge < -0.3 is 4.74 Å². The van der Waals surface area contributed by atoms with Crippen LogP contribution in [0.25, 0.3) is 0 Å². The lowest BCUT2D eigenvalue weighted by Gasteiger charge is -2.13. The lowest BCUT2D eigenvalue weighted by molar-refractivity contribution is -0.148. The number of benzene rings is 1. The summed E-state index contributed by atoms with van der Waals surface area (Å²) in [6.45, 7) is 4.25.